The van der Waals surface area contributed by atoms with Crippen LogP contribution in [-0.4, -0.2) is 66.9 Å². The van der Waals surface area contributed by atoms with E-state index in [4.69, 9.17) is 4.74 Å². The average molecular weight is 1070 g/mol. The Morgan fingerprint density at radius 1 is 0.500 bits per heavy atom. The van der Waals surface area contributed by atoms with E-state index in [1.54, 1.807) is 20.4 Å². The number of ether oxygens (including phenoxy) is 1. The second-order valence-electron chi connectivity index (χ2n) is 27.1. The molecule has 0 bridgehead atoms. The number of hydrogen-bond acceptors (Lipinski definition) is 9. The summed E-state index contributed by atoms with van der Waals surface area (Å²) in [6.45, 7) is 32.7. The predicted octanol–water partition coefficient (Wildman–Crippen LogP) is 14.0. The first-order valence-electron chi connectivity index (χ1n) is 27.6. The number of H-pyrrole nitrogens is 3. The van der Waals surface area contributed by atoms with Crippen LogP contribution in [0.5, 0.6) is 23.0 Å². The molecule has 422 valence electrons. The SMILES string of the molecule is CNc1cc[nH]c1C(=O)CCc1cc(C(C)(C)C)c(O)c(C(C)(C)Cc2cc(OC)c(C(=O)CCc3cc(C(C)(C)C)c(O)c(C(C)(C)Cc4cc(CO)c(C(=O)CCc5cc(C(C)(C)C)c(O)c(C(C)(C)C)c5)[nH]4)c3)[nH]2)c1. The Balaban J connectivity index is 1.21. The van der Waals surface area contributed by atoms with Gasteiger partial charge in [0.25, 0.3) is 0 Å². The molecule has 0 aliphatic heterocycles. The molecule has 3 heterocycles. The lowest BCUT2D eigenvalue weighted by molar-refractivity contribution is 0.0967. The molecule has 0 fully saturated rings. The van der Waals surface area contributed by atoms with Gasteiger partial charge in [0.05, 0.1) is 25.1 Å². The number of hydrogen-bond donors (Lipinski definition) is 8. The minimum Gasteiger partial charge on any atom is -0.507 e. The van der Waals surface area contributed by atoms with E-state index in [1.165, 1.54) is 0 Å². The van der Waals surface area contributed by atoms with Crippen LogP contribution < -0.4 is 10.1 Å². The number of aromatic hydroxyl groups is 3. The smallest absolute Gasteiger partial charge is 0.183 e. The van der Waals surface area contributed by atoms with Gasteiger partial charge in [0.2, 0.25) is 0 Å². The van der Waals surface area contributed by atoms with Crippen LogP contribution in [0.3, 0.4) is 0 Å². The first-order chi connectivity index (χ1) is 36.0. The van der Waals surface area contributed by atoms with Crippen molar-refractivity contribution >= 4 is 23.0 Å². The highest BCUT2D eigenvalue weighted by atomic mass is 16.5. The quantitative estimate of drug-likeness (QED) is 0.0323. The van der Waals surface area contributed by atoms with Crippen LogP contribution >= 0.6 is 0 Å². The molecule has 6 aromatic rings. The summed E-state index contributed by atoms with van der Waals surface area (Å²) in [6, 6.07) is 17.5. The normalized spacial score (nSPS) is 12.8. The van der Waals surface area contributed by atoms with Crippen molar-refractivity contribution < 1.29 is 39.5 Å². The van der Waals surface area contributed by atoms with E-state index >= 15 is 0 Å². The highest BCUT2D eigenvalue weighted by Gasteiger charge is 2.34. The van der Waals surface area contributed by atoms with Crippen LogP contribution in [0.2, 0.25) is 0 Å². The minimum absolute atomic E-state index is 0.00476. The molecule has 3 aromatic carbocycles. The highest BCUT2D eigenvalue weighted by molar-refractivity contribution is 6.00. The molecule has 12 heteroatoms. The number of phenols is 3. The van der Waals surface area contributed by atoms with E-state index in [0.717, 1.165) is 61.6 Å². The fourth-order valence-electron chi connectivity index (χ4n) is 10.9. The van der Waals surface area contributed by atoms with E-state index in [2.05, 4.69) is 117 Å². The molecule has 8 N–H and O–H groups in total. The van der Waals surface area contributed by atoms with E-state index in [0.29, 0.717) is 71.8 Å². The number of aryl methyl sites for hydroxylation is 3. The Morgan fingerprint density at radius 3 is 1.22 bits per heavy atom. The van der Waals surface area contributed by atoms with Gasteiger partial charge >= 0.3 is 0 Å². The zero-order valence-electron chi connectivity index (χ0n) is 50.1. The van der Waals surface area contributed by atoms with Gasteiger partial charge in [-0.3, -0.25) is 14.4 Å². The maximum Gasteiger partial charge on any atom is 0.183 e. The third-order valence-electron chi connectivity index (χ3n) is 15.4. The molecule has 0 aliphatic rings. The number of aliphatic hydroxyl groups excluding tert-OH is 1. The monoisotopic (exact) mass is 1070 g/mol. The van der Waals surface area contributed by atoms with Gasteiger partial charge in [0, 0.05) is 66.7 Å². The van der Waals surface area contributed by atoms with Crippen LogP contribution in [0.25, 0.3) is 0 Å². The molecule has 0 saturated carbocycles. The van der Waals surface area contributed by atoms with Gasteiger partial charge in [0.1, 0.15) is 34.4 Å². The van der Waals surface area contributed by atoms with Gasteiger partial charge in [-0.1, -0.05) is 147 Å². The molecule has 0 atom stereocenters. The standard InChI is InChI=1S/C66H90N4O8/c1-61(2,3)44-27-38(28-45(58(44)75)62(4,5)6)19-22-51(72)55-41(37-71)33-42(69-55)35-65(13,14)48-32-40(30-47(59(48)76)64(10,11)12)21-24-53(74)57-54(78-18)34-43(70-57)36-66(15,16)49-31-39(29-46(60(49)77)63(7,8)9)20-23-52(73)56-50(67-17)25-26-68-56/h25-34,67-71,75-77H,19-24,35-37H2,1-18H3. The van der Waals surface area contributed by atoms with E-state index in [-0.39, 0.29) is 71.0 Å². The van der Waals surface area contributed by atoms with Crippen LogP contribution in [0.15, 0.2) is 60.8 Å². The zero-order valence-corrected chi connectivity index (χ0v) is 50.1. The molecule has 0 unspecified atom stereocenters. The molecule has 0 saturated heterocycles. The molecule has 0 radical (unpaired) electrons. The Bertz CT molecular complexity index is 3130. The molecule has 12 nitrogen and oxygen atoms in total. The number of benzene rings is 3. The number of carbonyl (C=O) groups is 3. The minimum atomic E-state index is -0.664. The Kier molecular flexibility index (Phi) is 17.6. The van der Waals surface area contributed by atoms with Crippen LogP contribution in [-0.2, 0) is 71.2 Å². The van der Waals surface area contributed by atoms with Gasteiger partial charge in [-0.25, -0.2) is 0 Å². The van der Waals surface area contributed by atoms with Gasteiger partial charge in [-0.2, -0.15) is 0 Å². The lowest BCUT2D eigenvalue weighted by Crippen LogP contribution is -2.24. The Labute approximate surface area is 464 Å². The molecule has 78 heavy (non-hydrogen) atoms. The van der Waals surface area contributed by atoms with Gasteiger partial charge < -0.3 is 45.4 Å². The number of methoxy groups -OCH3 is 1. The van der Waals surface area contributed by atoms with Gasteiger partial charge in [-0.05, 0) is 116 Å². The summed E-state index contributed by atoms with van der Waals surface area (Å²) < 4.78 is 5.81. The fraction of sp³-hybridized carbons (Fsp3) is 0.500. The Hall–Kier alpha value is -6.53. The predicted molar refractivity (Wildman–Crippen MR) is 315 cm³/mol. The first-order valence-corrected chi connectivity index (χ1v) is 27.6. The number of aromatic amines is 3. The maximum atomic E-state index is 14.3. The lowest BCUT2D eigenvalue weighted by atomic mass is 9.75. The van der Waals surface area contributed by atoms with Crippen molar-refractivity contribution in [2.24, 2.45) is 0 Å². The summed E-state index contributed by atoms with van der Waals surface area (Å²) >= 11 is 0. The van der Waals surface area contributed by atoms with Gasteiger partial charge in [0.15, 0.2) is 17.3 Å². The van der Waals surface area contributed by atoms with E-state index < -0.39 is 16.2 Å². The summed E-state index contributed by atoms with van der Waals surface area (Å²) in [5.74, 6) is 0.868. The summed E-state index contributed by atoms with van der Waals surface area (Å²) in [6.07, 6.45) is 4.60. The number of anilines is 1. The van der Waals surface area contributed by atoms with Crippen molar-refractivity contribution in [3.05, 3.63) is 145 Å². The number of ketones is 3. The molecule has 0 spiro atoms. The molecule has 0 amide bonds. The topological polar surface area (TPSA) is 201 Å². The largest absolute Gasteiger partial charge is 0.507 e. The maximum absolute atomic E-state index is 14.3. The zero-order chi connectivity index (χ0) is 58.2. The van der Waals surface area contributed by atoms with Crippen molar-refractivity contribution in [2.75, 3.05) is 19.5 Å². The summed E-state index contributed by atoms with van der Waals surface area (Å²) in [7, 11) is 3.34. The summed E-state index contributed by atoms with van der Waals surface area (Å²) in [5, 5.41) is 48.8. The lowest BCUT2D eigenvalue weighted by Gasteiger charge is -2.31. The fourth-order valence-corrected chi connectivity index (χ4v) is 10.9. The molecular weight excluding hydrogens is 977 g/mol. The van der Waals surface area contributed by atoms with Crippen molar-refractivity contribution in [3.63, 3.8) is 0 Å². The van der Waals surface area contributed by atoms with Crippen LogP contribution in [0.4, 0.5) is 5.69 Å². The Morgan fingerprint density at radius 2 is 0.846 bits per heavy atom. The van der Waals surface area contributed by atoms with Gasteiger partial charge in [-0.15, -0.1) is 0 Å². The summed E-state index contributed by atoms with van der Waals surface area (Å²) in [5.41, 5.74) is 8.86. The number of aliphatic hydroxyl groups is 1. The third kappa shape index (κ3) is 13.6. The second kappa shape index (κ2) is 22.7. The number of nitrogens with one attached hydrogen (secondary N) is 4. The molecule has 0 aliphatic carbocycles. The third-order valence-corrected chi connectivity index (χ3v) is 15.4. The van der Waals surface area contributed by atoms with Crippen molar-refractivity contribution in [2.45, 2.75) is 201 Å². The van der Waals surface area contributed by atoms with Crippen molar-refractivity contribution in [1.29, 1.82) is 0 Å². The average Bonchev–Trinajstić information content (AvgIpc) is 4.09. The van der Waals surface area contributed by atoms with E-state index in [9.17, 15) is 34.8 Å². The number of aromatic nitrogens is 3. The number of Topliss-reactive ketones (excluding diaryl/α,β-unsaturated/α-hetero) is 3. The summed E-state index contributed by atoms with van der Waals surface area (Å²) in [4.78, 5) is 51.4. The van der Waals surface area contributed by atoms with Crippen LogP contribution in [0, 0.1) is 0 Å². The van der Waals surface area contributed by atoms with Crippen molar-refractivity contribution in [1.82, 2.24) is 15.0 Å². The second-order valence-corrected chi connectivity index (χ2v) is 27.1. The first kappa shape index (κ1) is 60.7. The van der Waals surface area contributed by atoms with Crippen LogP contribution in [0.1, 0.15) is 229 Å². The molecule has 3 aromatic heterocycles. The molecular formula is C66H90N4O8. The number of carbonyl (C=O) groups excluding carboxylic acids is 3. The number of rotatable bonds is 21. The highest BCUT2D eigenvalue weighted by Crippen LogP contribution is 2.45. The number of phenolic OH excluding ortho intramolecular Hbond substituents is 3. The van der Waals surface area contributed by atoms with Crippen molar-refractivity contribution in [3.8, 4) is 23.0 Å². The van der Waals surface area contributed by atoms with E-state index in [1.807, 2.05) is 68.4 Å². The molecule has 6 rings (SSSR count).